The van der Waals surface area contributed by atoms with Crippen molar-refractivity contribution in [2.45, 2.75) is 24.3 Å². The topological polar surface area (TPSA) is 72.6 Å². The van der Waals surface area contributed by atoms with Crippen LogP contribution in [0.2, 0.25) is 0 Å². The highest BCUT2D eigenvalue weighted by atomic mass is 32.2. The predicted octanol–water partition coefficient (Wildman–Crippen LogP) is 2.80. The van der Waals surface area contributed by atoms with Gasteiger partial charge < -0.3 is 4.74 Å². The molecule has 5 nitrogen and oxygen atoms in total. The van der Waals surface area contributed by atoms with Crippen LogP contribution < -0.4 is 9.88 Å². The average molecular weight is 348 g/mol. The SMILES string of the molecule is CC(c1cccc(S(N)(=O)=O)c1)N(C)CCCOc1ccccc1. The molecule has 6 heteroatoms. The normalized spacial score (nSPS) is 13.0. The third-order valence-corrected chi connectivity index (χ3v) is 4.91. The molecule has 2 N–H and O–H groups in total. The quantitative estimate of drug-likeness (QED) is 0.745. The van der Waals surface area contributed by atoms with Gasteiger partial charge in [0.05, 0.1) is 11.5 Å². The van der Waals surface area contributed by atoms with E-state index in [1.54, 1.807) is 12.1 Å². The first-order valence-electron chi connectivity index (χ1n) is 7.89. The number of hydrogen-bond acceptors (Lipinski definition) is 4. The molecule has 0 aliphatic heterocycles. The number of rotatable bonds is 8. The third kappa shape index (κ3) is 5.33. The molecule has 0 aromatic heterocycles. The van der Waals surface area contributed by atoms with Crippen molar-refractivity contribution in [1.29, 1.82) is 0 Å². The molecule has 0 fully saturated rings. The van der Waals surface area contributed by atoms with Crippen molar-refractivity contribution in [3.63, 3.8) is 0 Å². The molecule has 2 aromatic rings. The monoisotopic (exact) mass is 348 g/mol. The van der Waals surface area contributed by atoms with Crippen LogP contribution in [0, 0.1) is 0 Å². The van der Waals surface area contributed by atoms with Crippen molar-refractivity contribution in [3.8, 4) is 5.75 Å². The molecular formula is C18H24N2O3S. The molecule has 130 valence electrons. The lowest BCUT2D eigenvalue weighted by atomic mass is 10.1. The minimum Gasteiger partial charge on any atom is -0.494 e. The highest BCUT2D eigenvalue weighted by Gasteiger charge is 2.14. The molecule has 0 saturated heterocycles. The number of ether oxygens (including phenoxy) is 1. The maximum absolute atomic E-state index is 11.5. The van der Waals surface area contributed by atoms with Crippen LogP contribution >= 0.6 is 0 Å². The van der Waals surface area contributed by atoms with Gasteiger partial charge >= 0.3 is 0 Å². The summed E-state index contributed by atoms with van der Waals surface area (Å²) >= 11 is 0. The van der Waals surface area contributed by atoms with Crippen molar-refractivity contribution in [3.05, 3.63) is 60.2 Å². The number of hydrogen-bond donors (Lipinski definition) is 1. The second kappa shape index (κ2) is 8.28. The van der Waals surface area contributed by atoms with Gasteiger partial charge in [0.25, 0.3) is 0 Å². The van der Waals surface area contributed by atoms with Crippen molar-refractivity contribution >= 4 is 10.0 Å². The van der Waals surface area contributed by atoms with Gasteiger partial charge in [-0.3, -0.25) is 4.90 Å². The minimum atomic E-state index is -3.67. The van der Waals surface area contributed by atoms with E-state index in [9.17, 15) is 8.42 Å². The highest BCUT2D eigenvalue weighted by Crippen LogP contribution is 2.21. The van der Waals surface area contributed by atoms with E-state index in [0.29, 0.717) is 6.61 Å². The zero-order valence-electron chi connectivity index (χ0n) is 14.1. The molecule has 0 saturated carbocycles. The molecule has 0 bridgehead atoms. The Bertz CT molecular complexity index is 748. The van der Waals surface area contributed by atoms with Crippen LogP contribution in [0.15, 0.2) is 59.5 Å². The van der Waals surface area contributed by atoms with Crippen molar-refractivity contribution < 1.29 is 13.2 Å². The van der Waals surface area contributed by atoms with Gasteiger partial charge in [0.2, 0.25) is 10.0 Å². The van der Waals surface area contributed by atoms with E-state index in [-0.39, 0.29) is 10.9 Å². The molecule has 2 aromatic carbocycles. The fraction of sp³-hybridized carbons (Fsp3) is 0.333. The average Bonchev–Trinajstić information content (AvgIpc) is 2.58. The first kappa shape index (κ1) is 18.4. The number of sulfonamides is 1. The zero-order chi connectivity index (χ0) is 17.6. The number of primary sulfonamides is 1. The predicted molar refractivity (Wildman–Crippen MR) is 95.4 cm³/mol. The number of para-hydroxylation sites is 1. The number of nitrogens with two attached hydrogens (primary N) is 1. The van der Waals surface area contributed by atoms with Crippen LogP contribution in [-0.2, 0) is 10.0 Å². The molecular weight excluding hydrogens is 324 g/mol. The molecule has 0 amide bonds. The van der Waals surface area contributed by atoms with Gasteiger partial charge in [-0.1, -0.05) is 30.3 Å². The van der Waals surface area contributed by atoms with E-state index >= 15 is 0 Å². The summed E-state index contributed by atoms with van der Waals surface area (Å²) in [6.45, 7) is 3.52. The summed E-state index contributed by atoms with van der Waals surface area (Å²) in [6.07, 6.45) is 0.880. The molecule has 0 radical (unpaired) electrons. The summed E-state index contributed by atoms with van der Waals surface area (Å²) in [5.41, 5.74) is 0.924. The summed E-state index contributed by atoms with van der Waals surface area (Å²) in [5.74, 6) is 0.869. The molecule has 24 heavy (non-hydrogen) atoms. The molecule has 0 heterocycles. The lowest BCUT2D eigenvalue weighted by Crippen LogP contribution is -2.25. The van der Waals surface area contributed by atoms with Gasteiger partial charge in [0.15, 0.2) is 0 Å². The van der Waals surface area contributed by atoms with Crippen LogP contribution in [0.25, 0.3) is 0 Å². The Morgan fingerprint density at radius 1 is 1.12 bits per heavy atom. The second-order valence-electron chi connectivity index (χ2n) is 5.79. The van der Waals surface area contributed by atoms with Gasteiger partial charge in [-0.2, -0.15) is 0 Å². The van der Waals surface area contributed by atoms with E-state index in [1.807, 2.05) is 50.4 Å². The van der Waals surface area contributed by atoms with Crippen molar-refractivity contribution in [1.82, 2.24) is 4.90 Å². The Hall–Kier alpha value is -1.89. The first-order valence-corrected chi connectivity index (χ1v) is 9.43. The van der Waals surface area contributed by atoms with Crippen LogP contribution in [0.3, 0.4) is 0 Å². The first-order chi connectivity index (χ1) is 11.4. The summed E-state index contributed by atoms with van der Waals surface area (Å²) in [4.78, 5) is 2.31. The molecule has 0 aliphatic carbocycles. The van der Waals surface area contributed by atoms with Crippen LogP contribution in [0.5, 0.6) is 5.75 Å². The Morgan fingerprint density at radius 2 is 1.83 bits per heavy atom. The molecule has 1 atom stereocenters. The molecule has 2 rings (SSSR count). The molecule has 0 spiro atoms. The van der Waals surface area contributed by atoms with E-state index in [4.69, 9.17) is 9.88 Å². The van der Waals surface area contributed by atoms with Gasteiger partial charge in [0.1, 0.15) is 5.75 Å². The molecule has 0 aliphatic rings. The van der Waals surface area contributed by atoms with Gasteiger partial charge in [-0.15, -0.1) is 0 Å². The zero-order valence-corrected chi connectivity index (χ0v) is 14.9. The lowest BCUT2D eigenvalue weighted by molar-refractivity contribution is 0.226. The minimum absolute atomic E-state index is 0.0865. The highest BCUT2D eigenvalue weighted by molar-refractivity contribution is 7.89. The summed E-state index contributed by atoms with van der Waals surface area (Å²) in [6, 6.07) is 16.6. The van der Waals surface area contributed by atoms with Crippen LogP contribution in [-0.4, -0.2) is 33.5 Å². The van der Waals surface area contributed by atoms with Crippen LogP contribution in [0.4, 0.5) is 0 Å². The van der Waals surface area contributed by atoms with Gasteiger partial charge in [0, 0.05) is 12.6 Å². The smallest absolute Gasteiger partial charge is 0.238 e. The van der Waals surface area contributed by atoms with Gasteiger partial charge in [-0.05, 0) is 50.2 Å². The summed E-state index contributed by atoms with van der Waals surface area (Å²) < 4.78 is 28.6. The largest absolute Gasteiger partial charge is 0.494 e. The standard InChI is InChI=1S/C18H24N2O3S/c1-15(16-8-6-11-18(14-16)24(19,21)22)20(2)12-7-13-23-17-9-4-3-5-10-17/h3-6,8-11,14-15H,7,12-13H2,1-2H3,(H2,19,21,22). The number of benzene rings is 2. The Balaban J connectivity index is 1.87. The fourth-order valence-electron chi connectivity index (χ4n) is 2.42. The maximum Gasteiger partial charge on any atom is 0.238 e. The Labute approximate surface area is 144 Å². The van der Waals surface area contributed by atoms with E-state index in [2.05, 4.69) is 4.90 Å². The lowest BCUT2D eigenvalue weighted by Gasteiger charge is -2.25. The Morgan fingerprint density at radius 3 is 2.50 bits per heavy atom. The van der Waals surface area contributed by atoms with Crippen molar-refractivity contribution in [2.24, 2.45) is 5.14 Å². The van der Waals surface area contributed by atoms with Crippen LogP contribution in [0.1, 0.15) is 24.9 Å². The van der Waals surface area contributed by atoms with Crippen molar-refractivity contribution in [2.75, 3.05) is 20.2 Å². The third-order valence-electron chi connectivity index (χ3n) is 4.00. The maximum atomic E-state index is 11.5. The van der Waals surface area contributed by atoms with E-state index in [1.165, 1.54) is 6.07 Å². The summed E-state index contributed by atoms with van der Waals surface area (Å²) in [5, 5.41) is 5.20. The number of nitrogens with zero attached hydrogens (tertiary/aromatic N) is 1. The molecule has 1 unspecified atom stereocenters. The Kier molecular flexibility index (Phi) is 6.36. The van der Waals surface area contributed by atoms with E-state index in [0.717, 1.165) is 24.3 Å². The van der Waals surface area contributed by atoms with Gasteiger partial charge in [-0.25, -0.2) is 13.6 Å². The second-order valence-corrected chi connectivity index (χ2v) is 7.35. The summed E-state index contributed by atoms with van der Waals surface area (Å²) in [7, 11) is -1.66. The fourth-order valence-corrected chi connectivity index (χ4v) is 2.99. The van der Waals surface area contributed by atoms with E-state index < -0.39 is 10.0 Å².